The molecule has 1 aromatic rings. The van der Waals surface area contributed by atoms with Gasteiger partial charge in [-0.15, -0.1) is 0 Å². The molecule has 1 aromatic heterocycles. The van der Waals surface area contributed by atoms with E-state index in [9.17, 15) is 0 Å². The van der Waals surface area contributed by atoms with Crippen LogP contribution in [0.25, 0.3) is 0 Å². The smallest absolute Gasteiger partial charge is 0.128 e. The van der Waals surface area contributed by atoms with Crippen LogP contribution in [0.2, 0.25) is 0 Å². The zero-order chi connectivity index (χ0) is 9.84. The van der Waals surface area contributed by atoms with E-state index >= 15 is 0 Å². The van der Waals surface area contributed by atoms with Crippen LogP contribution < -0.4 is 11.5 Å². The Labute approximate surface area is 79.2 Å². The summed E-state index contributed by atoms with van der Waals surface area (Å²) >= 11 is 0. The van der Waals surface area contributed by atoms with Gasteiger partial charge in [-0.3, -0.25) is 0 Å². The Hall–Kier alpha value is -1.09. The first-order valence-corrected chi connectivity index (χ1v) is 4.57. The molecule has 0 bridgehead atoms. The van der Waals surface area contributed by atoms with Crippen molar-refractivity contribution in [3.05, 3.63) is 23.9 Å². The Morgan fingerprint density at radius 1 is 1.46 bits per heavy atom. The van der Waals surface area contributed by atoms with Crippen molar-refractivity contribution in [2.75, 3.05) is 5.73 Å². The van der Waals surface area contributed by atoms with Crippen molar-refractivity contribution in [3.8, 4) is 0 Å². The molecule has 0 aromatic carbocycles. The van der Waals surface area contributed by atoms with Crippen LogP contribution in [-0.2, 0) is 0 Å². The Morgan fingerprint density at radius 3 is 2.69 bits per heavy atom. The molecule has 1 atom stereocenters. The minimum Gasteiger partial charge on any atom is -0.383 e. The highest BCUT2D eigenvalue weighted by Crippen LogP contribution is 2.21. The van der Waals surface area contributed by atoms with Gasteiger partial charge in [-0.2, -0.15) is 0 Å². The SMILES string of the molecule is CC(C)C[C@@H](N)c1cccnc1N. The highest BCUT2D eigenvalue weighted by atomic mass is 14.8. The van der Waals surface area contributed by atoms with Crippen molar-refractivity contribution >= 4 is 5.82 Å². The maximum Gasteiger partial charge on any atom is 0.128 e. The quantitative estimate of drug-likeness (QED) is 0.742. The molecule has 0 aliphatic carbocycles. The van der Waals surface area contributed by atoms with Gasteiger partial charge in [0.1, 0.15) is 5.82 Å². The Balaban J connectivity index is 2.76. The number of hydrogen-bond acceptors (Lipinski definition) is 3. The average molecular weight is 179 g/mol. The van der Waals surface area contributed by atoms with Crippen LogP contribution in [0.4, 0.5) is 5.82 Å². The van der Waals surface area contributed by atoms with Gasteiger partial charge in [0.15, 0.2) is 0 Å². The molecule has 1 heterocycles. The van der Waals surface area contributed by atoms with E-state index in [0.717, 1.165) is 12.0 Å². The molecule has 4 N–H and O–H groups in total. The van der Waals surface area contributed by atoms with E-state index in [0.29, 0.717) is 11.7 Å². The van der Waals surface area contributed by atoms with Crippen LogP contribution in [0.5, 0.6) is 0 Å². The molecule has 13 heavy (non-hydrogen) atoms. The van der Waals surface area contributed by atoms with E-state index in [1.165, 1.54) is 0 Å². The van der Waals surface area contributed by atoms with Gasteiger partial charge in [-0.1, -0.05) is 19.9 Å². The fraction of sp³-hybridized carbons (Fsp3) is 0.500. The highest BCUT2D eigenvalue weighted by Gasteiger charge is 2.10. The van der Waals surface area contributed by atoms with Gasteiger partial charge in [0.2, 0.25) is 0 Å². The van der Waals surface area contributed by atoms with Gasteiger partial charge in [-0.25, -0.2) is 4.98 Å². The highest BCUT2D eigenvalue weighted by molar-refractivity contribution is 5.40. The van der Waals surface area contributed by atoms with Crippen LogP contribution in [0.15, 0.2) is 18.3 Å². The summed E-state index contributed by atoms with van der Waals surface area (Å²) in [6, 6.07) is 3.81. The van der Waals surface area contributed by atoms with E-state index in [1.807, 2.05) is 12.1 Å². The second-order valence-electron chi connectivity index (χ2n) is 3.71. The summed E-state index contributed by atoms with van der Waals surface area (Å²) in [7, 11) is 0. The number of nitrogens with two attached hydrogens (primary N) is 2. The number of nitrogens with zero attached hydrogens (tertiary/aromatic N) is 1. The number of nitrogen functional groups attached to an aromatic ring is 1. The molecular formula is C10H17N3. The Kier molecular flexibility index (Phi) is 3.25. The van der Waals surface area contributed by atoms with Gasteiger partial charge >= 0.3 is 0 Å². The van der Waals surface area contributed by atoms with Crippen LogP contribution in [0, 0.1) is 5.92 Å². The van der Waals surface area contributed by atoms with E-state index < -0.39 is 0 Å². The lowest BCUT2D eigenvalue weighted by Crippen LogP contribution is -2.15. The zero-order valence-corrected chi connectivity index (χ0v) is 8.20. The summed E-state index contributed by atoms with van der Waals surface area (Å²) in [5.41, 5.74) is 12.6. The van der Waals surface area contributed by atoms with Gasteiger partial charge in [0.05, 0.1) is 0 Å². The molecule has 3 nitrogen and oxygen atoms in total. The van der Waals surface area contributed by atoms with E-state index in [4.69, 9.17) is 11.5 Å². The second-order valence-corrected chi connectivity index (χ2v) is 3.71. The third kappa shape index (κ3) is 2.70. The van der Waals surface area contributed by atoms with Crippen LogP contribution in [0.1, 0.15) is 31.9 Å². The van der Waals surface area contributed by atoms with Crippen molar-refractivity contribution in [2.45, 2.75) is 26.3 Å². The molecule has 0 saturated heterocycles. The number of hydrogen-bond donors (Lipinski definition) is 2. The molecule has 0 radical (unpaired) electrons. The number of pyridine rings is 1. The molecule has 0 aliphatic heterocycles. The first kappa shape index (κ1) is 9.99. The second kappa shape index (κ2) is 4.23. The van der Waals surface area contributed by atoms with Crippen molar-refractivity contribution < 1.29 is 0 Å². The predicted molar refractivity (Wildman–Crippen MR) is 55.0 cm³/mol. The largest absolute Gasteiger partial charge is 0.383 e. The van der Waals surface area contributed by atoms with Crippen LogP contribution in [-0.4, -0.2) is 4.98 Å². The van der Waals surface area contributed by atoms with E-state index in [1.54, 1.807) is 6.20 Å². The average Bonchev–Trinajstić information content (AvgIpc) is 2.03. The normalized spacial score (nSPS) is 13.2. The first-order valence-electron chi connectivity index (χ1n) is 4.57. The van der Waals surface area contributed by atoms with Crippen LogP contribution >= 0.6 is 0 Å². The fourth-order valence-electron chi connectivity index (χ4n) is 1.38. The molecule has 0 fully saturated rings. The van der Waals surface area contributed by atoms with Crippen molar-refractivity contribution in [2.24, 2.45) is 11.7 Å². The first-order chi connectivity index (χ1) is 6.11. The number of rotatable bonds is 3. The molecule has 3 heteroatoms. The molecule has 0 amide bonds. The third-order valence-electron chi connectivity index (χ3n) is 2.00. The van der Waals surface area contributed by atoms with Crippen molar-refractivity contribution in [1.82, 2.24) is 4.98 Å². The number of aromatic nitrogens is 1. The van der Waals surface area contributed by atoms with E-state index in [2.05, 4.69) is 18.8 Å². The standard InChI is InChI=1S/C10H17N3/c1-7(2)6-9(11)8-4-3-5-13-10(8)12/h3-5,7,9H,6,11H2,1-2H3,(H2,12,13)/t9-/m1/s1. The maximum absolute atomic E-state index is 5.98. The lowest BCUT2D eigenvalue weighted by molar-refractivity contribution is 0.510. The fourth-order valence-corrected chi connectivity index (χ4v) is 1.38. The van der Waals surface area contributed by atoms with Gasteiger partial charge in [0, 0.05) is 17.8 Å². The Bertz CT molecular complexity index is 271. The monoisotopic (exact) mass is 179 g/mol. The minimum absolute atomic E-state index is 0.00806. The minimum atomic E-state index is 0.00806. The Morgan fingerprint density at radius 2 is 2.15 bits per heavy atom. The third-order valence-corrected chi connectivity index (χ3v) is 2.00. The van der Waals surface area contributed by atoms with E-state index in [-0.39, 0.29) is 6.04 Å². The summed E-state index contributed by atoms with van der Waals surface area (Å²) in [5, 5.41) is 0. The van der Waals surface area contributed by atoms with Gasteiger partial charge < -0.3 is 11.5 Å². The van der Waals surface area contributed by atoms with Gasteiger partial charge in [-0.05, 0) is 18.4 Å². The predicted octanol–water partition coefficient (Wildman–Crippen LogP) is 1.71. The molecular weight excluding hydrogens is 162 g/mol. The summed E-state index contributed by atoms with van der Waals surface area (Å²) in [6.45, 7) is 4.29. The zero-order valence-electron chi connectivity index (χ0n) is 8.20. The topological polar surface area (TPSA) is 64.9 Å². The lowest BCUT2D eigenvalue weighted by atomic mass is 9.98. The summed E-state index contributed by atoms with van der Waals surface area (Å²) in [6.07, 6.45) is 2.62. The molecule has 0 spiro atoms. The summed E-state index contributed by atoms with van der Waals surface area (Å²) < 4.78 is 0. The molecule has 0 saturated carbocycles. The summed E-state index contributed by atoms with van der Waals surface area (Å²) in [5.74, 6) is 1.13. The van der Waals surface area contributed by atoms with Crippen molar-refractivity contribution in [1.29, 1.82) is 0 Å². The number of anilines is 1. The van der Waals surface area contributed by atoms with Crippen LogP contribution in [0.3, 0.4) is 0 Å². The van der Waals surface area contributed by atoms with Crippen molar-refractivity contribution in [3.63, 3.8) is 0 Å². The van der Waals surface area contributed by atoms with Gasteiger partial charge in [0.25, 0.3) is 0 Å². The molecule has 1 rings (SSSR count). The maximum atomic E-state index is 5.98. The molecule has 0 unspecified atom stereocenters. The molecule has 72 valence electrons. The molecule has 0 aliphatic rings. The lowest BCUT2D eigenvalue weighted by Gasteiger charge is -2.15. The summed E-state index contributed by atoms with van der Waals surface area (Å²) in [4.78, 5) is 4.01.